The molecule has 136 valence electrons. The number of nitrogens with zero attached hydrogens (tertiary/aromatic N) is 1. The van der Waals surface area contributed by atoms with E-state index in [0.29, 0.717) is 11.3 Å². The molecule has 1 N–H and O–H groups in total. The number of hydrogen-bond acceptors (Lipinski definition) is 6. The Bertz CT molecular complexity index is 1080. The van der Waals surface area contributed by atoms with Gasteiger partial charge in [-0.1, -0.05) is 0 Å². The van der Waals surface area contributed by atoms with Crippen LogP contribution in [0.3, 0.4) is 0 Å². The Kier molecular flexibility index (Phi) is 3.99. The number of ether oxygens (including phenoxy) is 1. The summed E-state index contributed by atoms with van der Waals surface area (Å²) in [5, 5.41) is 0. The van der Waals surface area contributed by atoms with E-state index in [1.165, 1.54) is 35.0 Å². The van der Waals surface area contributed by atoms with Crippen LogP contribution in [0.4, 0.5) is 0 Å². The Balaban J connectivity index is 2.05. The lowest BCUT2D eigenvalue weighted by Crippen LogP contribution is -2.28. The number of benzene rings is 1. The first-order valence-electron chi connectivity index (χ1n) is 7.66. The summed E-state index contributed by atoms with van der Waals surface area (Å²) in [6.07, 6.45) is 1.50. The second-order valence-corrected chi connectivity index (χ2v) is 8.02. The molecule has 8 nitrogen and oxygen atoms in total. The molecule has 0 unspecified atom stereocenters. The number of cyclic esters (lactones) is 1. The molecule has 3 rings (SSSR count). The van der Waals surface area contributed by atoms with Crippen LogP contribution in [0.15, 0.2) is 46.2 Å². The van der Waals surface area contributed by atoms with Crippen LogP contribution < -0.4 is 10.3 Å². The maximum absolute atomic E-state index is 12.7. The molecule has 2 aromatic rings. The van der Waals surface area contributed by atoms with Gasteiger partial charge in [0.25, 0.3) is 15.6 Å². The standard InChI is InChI=1S/C17H16N2O6S/c1-10(20)18-26(23,24)12-6-4-11(5-7-12)19-9-8-13-14(15(19)21)16(22)25-17(13,2)3/h4-9H,1-3H3,(H,18,20). The van der Waals surface area contributed by atoms with Gasteiger partial charge in [-0.2, -0.15) is 0 Å². The lowest BCUT2D eigenvalue weighted by atomic mass is 9.97. The predicted octanol–water partition coefficient (Wildman–Crippen LogP) is 1.07. The summed E-state index contributed by atoms with van der Waals surface area (Å²) in [5.74, 6) is -1.39. The summed E-state index contributed by atoms with van der Waals surface area (Å²) in [4.78, 5) is 35.6. The van der Waals surface area contributed by atoms with Crippen molar-refractivity contribution in [1.29, 1.82) is 0 Å². The van der Waals surface area contributed by atoms with Crippen molar-refractivity contribution in [3.8, 4) is 5.69 Å². The second kappa shape index (κ2) is 5.80. The molecule has 26 heavy (non-hydrogen) atoms. The molecule has 1 aliphatic rings. The van der Waals surface area contributed by atoms with Crippen LogP contribution in [-0.2, 0) is 25.2 Å². The van der Waals surface area contributed by atoms with Crippen LogP contribution in [-0.4, -0.2) is 24.9 Å². The Morgan fingerprint density at radius 2 is 1.73 bits per heavy atom. The predicted molar refractivity (Wildman–Crippen MR) is 91.5 cm³/mol. The minimum Gasteiger partial charge on any atom is -0.451 e. The van der Waals surface area contributed by atoms with Gasteiger partial charge in [-0.25, -0.2) is 17.9 Å². The second-order valence-electron chi connectivity index (χ2n) is 6.33. The zero-order valence-electron chi connectivity index (χ0n) is 14.3. The normalized spacial score (nSPS) is 15.3. The number of rotatable bonds is 3. The summed E-state index contributed by atoms with van der Waals surface area (Å²) >= 11 is 0. The van der Waals surface area contributed by atoms with E-state index in [4.69, 9.17) is 4.74 Å². The van der Waals surface area contributed by atoms with Crippen LogP contribution in [0.25, 0.3) is 5.69 Å². The van der Waals surface area contributed by atoms with Gasteiger partial charge < -0.3 is 4.74 Å². The van der Waals surface area contributed by atoms with E-state index in [1.54, 1.807) is 19.9 Å². The maximum atomic E-state index is 12.7. The molecule has 9 heteroatoms. The van der Waals surface area contributed by atoms with E-state index in [0.717, 1.165) is 6.92 Å². The third-order valence-corrected chi connectivity index (χ3v) is 5.45. The highest BCUT2D eigenvalue weighted by atomic mass is 32.2. The van der Waals surface area contributed by atoms with Gasteiger partial charge in [-0.05, 0) is 44.2 Å². The summed E-state index contributed by atoms with van der Waals surface area (Å²) < 4.78 is 32.2. The highest BCUT2D eigenvalue weighted by Gasteiger charge is 2.40. The number of pyridine rings is 1. The minimum absolute atomic E-state index is 0.0348. The van der Waals surface area contributed by atoms with Crippen molar-refractivity contribution in [2.45, 2.75) is 31.3 Å². The Labute approximate surface area is 149 Å². The molecule has 1 amide bonds. The number of carbonyl (C=O) groups is 2. The molecule has 0 atom stereocenters. The van der Waals surface area contributed by atoms with E-state index in [-0.39, 0.29) is 10.5 Å². The molecule has 1 aliphatic heterocycles. The van der Waals surface area contributed by atoms with E-state index in [2.05, 4.69) is 0 Å². The van der Waals surface area contributed by atoms with E-state index in [9.17, 15) is 22.8 Å². The molecule has 0 spiro atoms. The van der Waals surface area contributed by atoms with Crippen molar-refractivity contribution < 1.29 is 22.7 Å². The average Bonchev–Trinajstić information content (AvgIpc) is 2.76. The summed E-state index contributed by atoms with van der Waals surface area (Å²) in [6.45, 7) is 4.49. The quantitative estimate of drug-likeness (QED) is 0.802. The van der Waals surface area contributed by atoms with Gasteiger partial charge in [0.05, 0.1) is 4.90 Å². The monoisotopic (exact) mass is 376 g/mol. The molecule has 0 saturated heterocycles. The van der Waals surface area contributed by atoms with Crippen molar-refractivity contribution in [3.05, 3.63) is 58.0 Å². The Morgan fingerprint density at radius 1 is 1.12 bits per heavy atom. The average molecular weight is 376 g/mol. The van der Waals surface area contributed by atoms with E-state index in [1.807, 2.05) is 4.72 Å². The highest BCUT2D eigenvalue weighted by molar-refractivity contribution is 7.90. The zero-order valence-corrected chi connectivity index (χ0v) is 15.1. The van der Waals surface area contributed by atoms with Crippen LogP contribution in [0.5, 0.6) is 0 Å². The van der Waals surface area contributed by atoms with E-state index < -0.39 is 33.1 Å². The number of amides is 1. The van der Waals surface area contributed by atoms with E-state index >= 15 is 0 Å². The summed E-state index contributed by atoms with van der Waals surface area (Å²) in [5.41, 5.74) is -0.574. The first-order valence-corrected chi connectivity index (χ1v) is 9.14. The number of aromatic nitrogens is 1. The zero-order chi connectivity index (χ0) is 19.3. The molecule has 0 radical (unpaired) electrons. The van der Waals surface area contributed by atoms with Crippen molar-refractivity contribution in [1.82, 2.24) is 9.29 Å². The number of carbonyl (C=O) groups excluding carboxylic acids is 2. The van der Waals surface area contributed by atoms with Gasteiger partial charge in [0.2, 0.25) is 5.91 Å². The molecular weight excluding hydrogens is 360 g/mol. The number of esters is 1. The fraction of sp³-hybridized carbons (Fsp3) is 0.235. The number of nitrogens with one attached hydrogen (secondary N) is 1. The van der Waals surface area contributed by atoms with Crippen LogP contribution in [0.2, 0.25) is 0 Å². The van der Waals surface area contributed by atoms with Crippen LogP contribution in [0, 0.1) is 0 Å². The first-order chi connectivity index (χ1) is 12.0. The first kappa shape index (κ1) is 17.9. The highest BCUT2D eigenvalue weighted by Crippen LogP contribution is 2.33. The molecule has 1 aromatic carbocycles. The van der Waals surface area contributed by atoms with Gasteiger partial charge in [-0.15, -0.1) is 0 Å². The van der Waals surface area contributed by atoms with Gasteiger partial charge in [0, 0.05) is 24.4 Å². The van der Waals surface area contributed by atoms with Gasteiger partial charge in [0.15, 0.2) is 0 Å². The largest absolute Gasteiger partial charge is 0.451 e. The lowest BCUT2D eigenvalue weighted by molar-refractivity contribution is -0.117. The smallest absolute Gasteiger partial charge is 0.345 e. The molecule has 0 aliphatic carbocycles. The topological polar surface area (TPSA) is 112 Å². The van der Waals surface area contributed by atoms with Gasteiger partial charge in [0.1, 0.15) is 11.2 Å². The lowest BCUT2D eigenvalue weighted by Gasteiger charge is -2.17. The maximum Gasteiger partial charge on any atom is 0.345 e. The van der Waals surface area contributed by atoms with Crippen molar-refractivity contribution >= 4 is 21.9 Å². The van der Waals surface area contributed by atoms with Gasteiger partial charge >= 0.3 is 5.97 Å². The SMILES string of the molecule is CC(=O)NS(=O)(=O)c1ccc(-n2ccc3c(c2=O)C(=O)OC3(C)C)cc1. The molecule has 2 heterocycles. The van der Waals surface area contributed by atoms with Gasteiger partial charge in [-0.3, -0.25) is 14.2 Å². The fourth-order valence-corrected chi connectivity index (χ4v) is 3.80. The molecular formula is C17H16N2O6S. The summed E-state index contributed by atoms with van der Waals surface area (Å²) in [7, 11) is -3.96. The molecule has 0 fully saturated rings. The molecule has 1 aromatic heterocycles. The number of fused-ring (bicyclic) bond motifs is 1. The van der Waals surface area contributed by atoms with Crippen molar-refractivity contribution in [2.75, 3.05) is 0 Å². The van der Waals surface area contributed by atoms with Crippen LogP contribution >= 0.6 is 0 Å². The Hall–Kier alpha value is -2.94. The third-order valence-electron chi connectivity index (χ3n) is 4.00. The molecule has 0 bridgehead atoms. The number of hydrogen-bond donors (Lipinski definition) is 1. The Morgan fingerprint density at radius 3 is 2.31 bits per heavy atom. The fourth-order valence-electron chi connectivity index (χ4n) is 2.81. The number of sulfonamides is 1. The van der Waals surface area contributed by atoms with Crippen molar-refractivity contribution in [3.63, 3.8) is 0 Å². The van der Waals surface area contributed by atoms with Crippen molar-refractivity contribution in [2.24, 2.45) is 0 Å². The molecule has 0 saturated carbocycles. The van der Waals surface area contributed by atoms with Crippen LogP contribution in [0.1, 0.15) is 36.7 Å². The minimum atomic E-state index is -3.96. The third kappa shape index (κ3) is 2.90. The summed E-state index contributed by atoms with van der Waals surface area (Å²) in [6, 6.07) is 6.98.